The molecule has 1 saturated heterocycles. The maximum atomic E-state index is 12.0. The predicted molar refractivity (Wildman–Crippen MR) is 78.4 cm³/mol. The number of ether oxygens (including phenoxy) is 1. The lowest BCUT2D eigenvalue weighted by molar-refractivity contribution is -0.139. The number of amides is 1. The second-order valence-electron chi connectivity index (χ2n) is 5.41. The van der Waals surface area contributed by atoms with E-state index < -0.39 is 11.5 Å². The summed E-state index contributed by atoms with van der Waals surface area (Å²) in [6, 6.07) is 0. The van der Waals surface area contributed by atoms with Crippen LogP contribution in [0.2, 0.25) is 0 Å². The molecule has 1 fully saturated rings. The fourth-order valence-electron chi connectivity index (χ4n) is 2.49. The van der Waals surface area contributed by atoms with Gasteiger partial charge in [-0.2, -0.15) is 0 Å². The molecular formula is C14H20N2O4S. The van der Waals surface area contributed by atoms with Crippen LogP contribution >= 0.6 is 11.3 Å². The maximum absolute atomic E-state index is 12.0. The number of nitrogens with one attached hydrogen (secondary N) is 1. The molecule has 1 atom stereocenters. The number of aliphatic carboxylic acids is 1. The molecule has 0 bridgehead atoms. The molecule has 116 valence electrons. The van der Waals surface area contributed by atoms with E-state index >= 15 is 0 Å². The first-order valence-electron chi connectivity index (χ1n) is 7.01. The lowest BCUT2D eigenvalue weighted by atomic mass is 9.94. The van der Waals surface area contributed by atoms with E-state index in [1.807, 2.05) is 12.3 Å². The summed E-state index contributed by atoms with van der Waals surface area (Å²) < 4.78 is 5.25. The SMILES string of the molecule is Cc1nc(CCCC(=O)NC2(CC(=O)O)CCOC2)cs1. The first-order valence-corrected chi connectivity index (χ1v) is 7.89. The van der Waals surface area contributed by atoms with Crippen molar-refractivity contribution in [3.8, 4) is 0 Å². The van der Waals surface area contributed by atoms with Crippen LogP contribution in [0.3, 0.4) is 0 Å². The molecule has 0 aliphatic carbocycles. The highest BCUT2D eigenvalue weighted by Gasteiger charge is 2.38. The summed E-state index contributed by atoms with van der Waals surface area (Å²) in [4.78, 5) is 27.3. The van der Waals surface area contributed by atoms with Gasteiger partial charge in [-0.25, -0.2) is 4.98 Å². The van der Waals surface area contributed by atoms with Crippen LogP contribution < -0.4 is 5.32 Å². The summed E-state index contributed by atoms with van der Waals surface area (Å²) in [6.45, 7) is 2.72. The van der Waals surface area contributed by atoms with Crippen molar-refractivity contribution in [2.45, 2.75) is 44.6 Å². The van der Waals surface area contributed by atoms with E-state index in [-0.39, 0.29) is 18.9 Å². The van der Waals surface area contributed by atoms with Gasteiger partial charge in [-0.3, -0.25) is 9.59 Å². The second-order valence-corrected chi connectivity index (χ2v) is 6.48. The number of nitrogens with zero attached hydrogens (tertiary/aromatic N) is 1. The molecule has 0 aromatic carbocycles. The first-order chi connectivity index (χ1) is 9.99. The van der Waals surface area contributed by atoms with Gasteiger partial charge in [-0.15, -0.1) is 11.3 Å². The van der Waals surface area contributed by atoms with Crippen LogP contribution in [-0.4, -0.2) is 40.7 Å². The van der Waals surface area contributed by atoms with E-state index in [2.05, 4.69) is 10.3 Å². The second kappa shape index (κ2) is 7.00. The van der Waals surface area contributed by atoms with E-state index in [0.29, 0.717) is 25.9 Å². The minimum absolute atomic E-state index is 0.0932. The molecule has 6 nitrogen and oxygen atoms in total. The van der Waals surface area contributed by atoms with Crippen LogP contribution in [0.5, 0.6) is 0 Å². The number of carboxylic acid groups (broad SMARTS) is 1. The molecule has 2 N–H and O–H groups in total. The Morgan fingerprint density at radius 2 is 2.38 bits per heavy atom. The molecule has 0 spiro atoms. The highest BCUT2D eigenvalue weighted by molar-refractivity contribution is 7.09. The van der Waals surface area contributed by atoms with Crippen molar-refractivity contribution < 1.29 is 19.4 Å². The van der Waals surface area contributed by atoms with Gasteiger partial charge in [0.05, 0.1) is 29.3 Å². The molecule has 1 amide bonds. The van der Waals surface area contributed by atoms with Gasteiger partial charge in [0.25, 0.3) is 0 Å². The van der Waals surface area contributed by atoms with E-state index in [0.717, 1.165) is 17.1 Å². The van der Waals surface area contributed by atoms with Gasteiger partial charge >= 0.3 is 5.97 Å². The monoisotopic (exact) mass is 312 g/mol. The predicted octanol–water partition coefficient (Wildman–Crippen LogP) is 1.52. The number of carbonyl (C=O) groups is 2. The van der Waals surface area contributed by atoms with Crippen molar-refractivity contribution in [3.05, 3.63) is 16.1 Å². The molecule has 1 aliphatic heterocycles. The molecule has 1 unspecified atom stereocenters. The normalized spacial score (nSPS) is 21.4. The van der Waals surface area contributed by atoms with Crippen LogP contribution in [0.25, 0.3) is 0 Å². The Morgan fingerprint density at radius 1 is 1.57 bits per heavy atom. The van der Waals surface area contributed by atoms with Gasteiger partial charge in [0.1, 0.15) is 0 Å². The Morgan fingerprint density at radius 3 is 2.95 bits per heavy atom. The van der Waals surface area contributed by atoms with Gasteiger partial charge in [0, 0.05) is 18.4 Å². The average Bonchev–Trinajstić information content (AvgIpc) is 2.98. The van der Waals surface area contributed by atoms with Crippen molar-refractivity contribution >= 4 is 23.2 Å². The van der Waals surface area contributed by atoms with E-state index in [1.165, 1.54) is 0 Å². The van der Waals surface area contributed by atoms with Gasteiger partial charge < -0.3 is 15.2 Å². The van der Waals surface area contributed by atoms with Crippen molar-refractivity contribution in [2.75, 3.05) is 13.2 Å². The third kappa shape index (κ3) is 4.78. The quantitative estimate of drug-likeness (QED) is 0.797. The van der Waals surface area contributed by atoms with Crippen LogP contribution in [0, 0.1) is 6.92 Å². The van der Waals surface area contributed by atoms with E-state index in [1.54, 1.807) is 11.3 Å². The van der Waals surface area contributed by atoms with Crippen molar-refractivity contribution in [2.24, 2.45) is 0 Å². The number of carbonyl (C=O) groups excluding carboxylic acids is 1. The van der Waals surface area contributed by atoms with E-state index in [9.17, 15) is 9.59 Å². The zero-order valence-corrected chi connectivity index (χ0v) is 12.9. The summed E-state index contributed by atoms with van der Waals surface area (Å²) in [7, 11) is 0. The van der Waals surface area contributed by atoms with Crippen molar-refractivity contribution in [3.63, 3.8) is 0 Å². The molecule has 21 heavy (non-hydrogen) atoms. The number of carboxylic acids is 1. The zero-order chi connectivity index (χ0) is 15.3. The number of aryl methyl sites for hydroxylation is 2. The number of aromatic nitrogens is 1. The third-order valence-corrected chi connectivity index (χ3v) is 4.32. The Balaban J connectivity index is 1.78. The first kappa shape index (κ1) is 15.9. The third-order valence-electron chi connectivity index (χ3n) is 3.50. The fraction of sp³-hybridized carbons (Fsp3) is 0.643. The minimum Gasteiger partial charge on any atom is -0.481 e. The number of thiazole rings is 1. The van der Waals surface area contributed by atoms with Crippen LogP contribution in [0.4, 0.5) is 0 Å². The fourth-order valence-corrected chi connectivity index (χ4v) is 3.14. The standard InChI is InChI=1S/C14H20N2O4S/c1-10-15-11(8-21-10)3-2-4-12(17)16-14(7-13(18)19)5-6-20-9-14/h8H,2-7,9H2,1H3,(H,16,17)(H,18,19). The summed E-state index contributed by atoms with van der Waals surface area (Å²) in [5.41, 5.74) is 0.273. The Kier molecular flexibility index (Phi) is 5.30. The lowest BCUT2D eigenvalue weighted by Crippen LogP contribution is -2.50. The van der Waals surface area contributed by atoms with Crippen LogP contribution in [-0.2, 0) is 20.7 Å². The molecule has 1 aromatic rings. The van der Waals surface area contributed by atoms with Gasteiger partial charge in [0.2, 0.25) is 5.91 Å². The molecule has 2 rings (SSSR count). The van der Waals surface area contributed by atoms with Gasteiger partial charge in [-0.05, 0) is 26.2 Å². The summed E-state index contributed by atoms with van der Waals surface area (Å²) in [5, 5.41) is 14.8. The smallest absolute Gasteiger partial charge is 0.305 e. The summed E-state index contributed by atoms with van der Waals surface area (Å²) in [6.07, 6.45) is 2.30. The van der Waals surface area contributed by atoms with Gasteiger partial charge in [0.15, 0.2) is 0 Å². The maximum Gasteiger partial charge on any atom is 0.305 e. The molecule has 0 saturated carbocycles. The molecule has 7 heteroatoms. The van der Waals surface area contributed by atoms with E-state index in [4.69, 9.17) is 9.84 Å². The average molecular weight is 312 g/mol. The molecular weight excluding hydrogens is 292 g/mol. The molecule has 2 heterocycles. The highest BCUT2D eigenvalue weighted by atomic mass is 32.1. The van der Waals surface area contributed by atoms with Gasteiger partial charge in [-0.1, -0.05) is 0 Å². The van der Waals surface area contributed by atoms with Crippen molar-refractivity contribution in [1.29, 1.82) is 0 Å². The summed E-state index contributed by atoms with van der Waals surface area (Å²) >= 11 is 1.60. The highest BCUT2D eigenvalue weighted by Crippen LogP contribution is 2.23. The Hall–Kier alpha value is -1.47. The number of hydrogen-bond donors (Lipinski definition) is 2. The Labute approximate surface area is 127 Å². The minimum atomic E-state index is -0.918. The number of hydrogen-bond acceptors (Lipinski definition) is 5. The number of rotatable bonds is 7. The lowest BCUT2D eigenvalue weighted by Gasteiger charge is -2.27. The topological polar surface area (TPSA) is 88.5 Å². The summed E-state index contributed by atoms with van der Waals surface area (Å²) in [5.74, 6) is -1.03. The zero-order valence-electron chi connectivity index (χ0n) is 12.1. The van der Waals surface area contributed by atoms with Crippen LogP contribution in [0.1, 0.15) is 36.4 Å². The molecule has 1 aromatic heterocycles. The largest absolute Gasteiger partial charge is 0.481 e. The molecule has 1 aliphatic rings. The molecule has 0 radical (unpaired) electrons. The van der Waals surface area contributed by atoms with Crippen LogP contribution in [0.15, 0.2) is 5.38 Å². The van der Waals surface area contributed by atoms with Crippen molar-refractivity contribution in [1.82, 2.24) is 10.3 Å². The Bertz CT molecular complexity index is 509.